The van der Waals surface area contributed by atoms with Gasteiger partial charge in [-0.2, -0.15) is 0 Å². The standard InChI is InChI=1S/C15H26N2O2S2/c1-11(2)15(5-6-15)10-17-21(18,19)14-7-13(9-20-14)8-16-12(3)4/h7,9,11-12,16-17H,5-6,8,10H2,1-4H3. The average Bonchev–Trinajstić information content (AvgIpc) is 3.04. The van der Waals surface area contributed by atoms with Crippen molar-refractivity contribution in [2.24, 2.45) is 11.3 Å². The van der Waals surface area contributed by atoms with Crippen LogP contribution in [0.25, 0.3) is 0 Å². The Kier molecular flexibility index (Phi) is 5.13. The van der Waals surface area contributed by atoms with Gasteiger partial charge in [-0.15, -0.1) is 11.3 Å². The predicted octanol–water partition coefficient (Wildman–Crippen LogP) is 2.96. The Morgan fingerprint density at radius 1 is 1.29 bits per heavy atom. The predicted molar refractivity (Wildman–Crippen MR) is 88.0 cm³/mol. The van der Waals surface area contributed by atoms with Gasteiger partial charge < -0.3 is 5.32 Å². The van der Waals surface area contributed by atoms with E-state index in [1.54, 1.807) is 6.07 Å². The average molecular weight is 331 g/mol. The van der Waals surface area contributed by atoms with Crippen LogP contribution in [0.15, 0.2) is 15.7 Å². The number of sulfonamides is 1. The lowest BCUT2D eigenvalue weighted by Gasteiger charge is -2.19. The molecule has 1 fully saturated rings. The number of thiophene rings is 1. The number of hydrogen-bond donors (Lipinski definition) is 2. The molecule has 1 saturated carbocycles. The van der Waals surface area contributed by atoms with Gasteiger partial charge in [0.1, 0.15) is 4.21 Å². The third kappa shape index (κ3) is 4.28. The molecule has 1 aromatic rings. The maximum atomic E-state index is 12.4. The maximum absolute atomic E-state index is 12.4. The van der Waals surface area contributed by atoms with Gasteiger partial charge in [0.15, 0.2) is 0 Å². The van der Waals surface area contributed by atoms with E-state index >= 15 is 0 Å². The van der Waals surface area contributed by atoms with Crippen LogP contribution < -0.4 is 10.0 Å². The van der Waals surface area contributed by atoms with Crippen molar-refractivity contribution in [3.8, 4) is 0 Å². The quantitative estimate of drug-likeness (QED) is 0.770. The van der Waals surface area contributed by atoms with E-state index in [-0.39, 0.29) is 5.41 Å². The fourth-order valence-electron chi connectivity index (χ4n) is 2.34. The van der Waals surface area contributed by atoms with Crippen molar-refractivity contribution in [1.29, 1.82) is 0 Å². The molecule has 0 aromatic carbocycles. The summed E-state index contributed by atoms with van der Waals surface area (Å²) in [6.45, 7) is 9.76. The second-order valence-corrected chi connectivity index (χ2v) is 9.56. The molecule has 2 rings (SSSR count). The van der Waals surface area contributed by atoms with Gasteiger partial charge in [-0.3, -0.25) is 0 Å². The molecule has 0 saturated heterocycles. The molecule has 1 aromatic heterocycles. The summed E-state index contributed by atoms with van der Waals surface area (Å²) in [5.41, 5.74) is 1.21. The van der Waals surface area contributed by atoms with Gasteiger partial charge in [0.2, 0.25) is 10.0 Å². The van der Waals surface area contributed by atoms with Crippen molar-refractivity contribution < 1.29 is 8.42 Å². The highest BCUT2D eigenvalue weighted by Crippen LogP contribution is 2.51. The molecular weight excluding hydrogens is 304 g/mol. The highest BCUT2D eigenvalue weighted by atomic mass is 32.2. The first kappa shape index (κ1) is 16.9. The van der Waals surface area contributed by atoms with Crippen LogP contribution in [0.2, 0.25) is 0 Å². The van der Waals surface area contributed by atoms with Crippen LogP contribution >= 0.6 is 11.3 Å². The molecule has 2 N–H and O–H groups in total. The van der Waals surface area contributed by atoms with Gasteiger partial charge in [-0.1, -0.05) is 27.7 Å². The Balaban J connectivity index is 1.96. The van der Waals surface area contributed by atoms with Crippen LogP contribution in [0.4, 0.5) is 0 Å². The molecule has 1 heterocycles. The lowest BCUT2D eigenvalue weighted by atomic mass is 9.93. The molecule has 1 aliphatic carbocycles. The SMILES string of the molecule is CC(C)NCc1csc(S(=O)(=O)NCC2(C(C)C)CC2)c1. The first-order valence-corrected chi connectivity index (χ1v) is 9.92. The summed E-state index contributed by atoms with van der Waals surface area (Å²) >= 11 is 1.30. The third-order valence-electron chi connectivity index (χ3n) is 4.34. The summed E-state index contributed by atoms with van der Waals surface area (Å²) in [5, 5.41) is 5.22. The van der Waals surface area contributed by atoms with E-state index in [1.807, 2.05) is 5.38 Å². The van der Waals surface area contributed by atoms with E-state index in [0.29, 0.717) is 29.3 Å². The number of rotatable bonds is 8. The molecule has 0 aliphatic heterocycles. The molecular formula is C15H26N2O2S2. The molecule has 1 aliphatic rings. The third-order valence-corrected chi connectivity index (χ3v) is 7.23. The molecule has 120 valence electrons. The van der Waals surface area contributed by atoms with Crippen LogP contribution in [0.3, 0.4) is 0 Å². The van der Waals surface area contributed by atoms with Crippen LogP contribution in [-0.4, -0.2) is 21.0 Å². The zero-order chi connectivity index (χ0) is 15.7. The Labute approximate surface area is 132 Å². The fourth-order valence-corrected chi connectivity index (χ4v) is 4.73. The first-order chi connectivity index (χ1) is 9.75. The van der Waals surface area contributed by atoms with E-state index in [4.69, 9.17) is 0 Å². The largest absolute Gasteiger partial charge is 0.310 e. The highest BCUT2D eigenvalue weighted by molar-refractivity contribution is 7.91. The second-order valence-electron chi connectivity index (χ2n) is 6.65. The van der Waals surface area contributed by atoms with Crippen molar-refractivity contribution in [2.45, 2.75) is 57.3 Å². The molecule has 21 heavy (non-hydrogen) atoms. The van der Waals surface area contributed by atoms with Crippen molar-refractivity contribution in [2.75, 3.05) is 6.54 Å². The topological polar surface area (TPSA) is 58.2 Å². The van der Waals surface area contributed by atoms with Gasteiger partial charge in [-0.05, 0) is 41.2 Å². The van der Waals surface area contributed by atoms with Gasteiger partial charge in [0.25, 0.3) is 0 Å². The molecule has 0 unspecified atom stereocenters. The van der Waals surface area contributed by atoms with Crippen molar-refractivity contribution in [3.05, 3.63) is 17.0 Å². The van der Waals surface area contributed by atoms with E-state index in [1.165, 1.54) is 11.3 Å². The lowest BCUT2D eigenvalue weighted by Crippen LogP contribution is -2.32. The van der Waals surface area contributed by atoms with Crippen molar-refractivity contribution in [1.82, 2.24) is 10.0 Å². The molecule has 0 spiro atoms. The molecule has 6 heteroatoms. The molecule has 0 atom stereocenters. The normalized spacial score (nSPS) is 17.6. The maximum Gasteiger partial charge on any atom is 0.250 e. The van der Waals surface area contributed by atoms with Gasteiger partial charge >= 0.3 is 0 Å². The lowest BCUT2D eigenvalue weighted by molar-refractivity contribution is 0.357. The second kappa shape index (κ2) is 6.36. The minimum absolute atomic E-state index is 0.187. The Hall–Kier alpha value is -0.430. The summed E-state index contributed by atoms with van der Waals surface area (Å²) in [7, 11) is -3.36. The highest BCUT2D eigenvalue weighted by Gasteiger charge is 2.45. The van der Waals surface area contributed by atoms with Crippen molar-refractivity contribution >= 4 is 21.4 Å². The van der Waals surface area contributed by atoms with Gasteiger partial charge in [0.05, 0.1) is 0 Å². The first-order valence-electron chi connectivity index (χ1n) is 7.56. The Morgan fingerprint density at radius 3 is 2.48 bits per heavy atom. The van der Waals surface area contributed by atoms with Crippen LogP contribution in [0.1, 0.15) is 46.1 Å². The van der Waals surface area contributed by atoms with Crippen molar-refractivity contribution in [3.63, 3.8) is 0 Å². The monoisotopic (exact) mass is 330 g/mol. The zero-order valence-corrected chi connectivity index (χ0v) is 14.9. The summed E-state index contributed by atoms with van der Waals surface area (Å²) in [6, 6.07) is 2.17. The van der Waals surface area contributed by atoms with Crippen LogP contribution in [0, 0.1) is 11.3 Å². The zero-order valence-electron chi connectivity index (χ0n) is 13.3. The van der Waals surface area contributed by atoms with E-state index in [0.717, 1.165) is 18.4 Å². The number of nitrogens with one attached hydrogen (secondary N) is 2. The van der Waals surface area contributed by atoms with Gasteiger partial charge in [-0.25, -0.2) is 13.1 Å². The van der Waals surface area contributed by atoms with Crippen LogP contribution in [-0.2, 0) is 16.6 Å². The van der Waals surface area contributed by atoms with E-state index in [9.17, 15) is 8.42 Å². The summed E-state index contributed by atoms with van der Waals surface area (Å²) in [5.74, 6) is 0.523. The minimum Gasteiger partial charge on any atom is -0.310 e. The fraction of sp³-hybridized carbons (Fsp3) is 0.733. The summed E-state index contributed by atoms with van der Waals surface area (Å²) < 4.78 is 27.9. The summed E-state index contributed by atoms with van der Waals surface area (Å²) in [4.78, 5) is 0. The smallest absolute Gasteiger partial charge is 0.250 e. The minimum atomic E-state index is -3.36. The summed E-state index contributed by atoms with van der Waals surface area (Å²) in [6.07, 6.45) is 2.25. The van der Waals surface area contributed by atoms with E-state index < -0.39 is 10.0 Å². The van der Waals surface area contributed by atoms with E-state index in [2.05, 4.69) is 37.7 Å². The Morgan fingerprint density at radius 2 is 1.95 bits per heavy atom. The molecule has 0 amide bonds. The van der Waals surface area contributed by atoms with Gasteiger partial charge in [0, 0.05) is 19.1 Å². The molecule has 4 nitrogen and oxygen atoms in total. The molecule has 0 bridgehead atoms. The van der Waals surface area contributed by atoms with Crippen LogP contribution in [0.5, 0.6) is 0 Å². The molecule has 0 radical (unpaired) electrons. The number of hydrogen-bond acceptors (Lipinski definition) is 4. The Bertz CT molecular complexity index is 572.